The number of aromatic nitrogens is 2. The van der Waals surface area contributed by atoms with Gasteiger partial charge in [-0.2, -0.15) is 0 Å². The number of aryl methyl sites for hydroxylation is 1. The summed E-state index contributed by atoms with van der Waals surface area (Å²) in [6.07, 6.45) is 0.860. The molecule has 0 spiro atoms. The maximum atomic E-state index is 10.6. The van der Waals surface area contributed by atoms with Crippen molar-refractivity contribution < 1.29 is 5.11 Å². The fourth-order valence-electron chi connectivity index (χ4n) is 2.38. The van der Waals surface area contributed by atoms with E-state index in [4.69, 9.17) is 23.2 Å². The molecule has 0 fully saturated rings. The molecule has 3 nitrogen and oxygen atoms in total. The lowest BCUT2D eigenvalue weighted by Crippen LogP contribution is -2.02. The molecule has 1 unspecified atom stereocenters. The highest BCUT2D eigenvalue weighted by Gasteiger charge is 2.21. The average molecular weight is 307 g/mol. The Kier molecular flexibility index (Phi) is 3.42. The molecule has 0 saturated heterocycles. The third-order valence-electron chi connectivity index (χ3n) is 3.32. The molecule has 0 radical (unpaired) electrons. The molecule has 0 amide bonds. The Labute approximate surface area is 126 Å². The van der Waals surface area contributed by atoms with Gasteiger partial charge in [0.1, 0.15) is 6.10 Å². The van der Waals surface area contributed by atoms with E-state index in [1.807, 2.05) is 19.1 Å². The molecule has 0 aliphatic carbocycles. The third-order valence-corrected chi connectivity index (χ3v) is 3.88. The molecular weight excluding hydrogens is 295 g/mol. The van der Waals surface area contributed by atoms with Crippen LogP contribution in [-0.4, -0.2) is 15.1 Å². The highest BCUT2D eigenvalue weighted by atomic mass is 35.5. The molecule has 0 saturated carbocycles. The van der Waals surface area contributed by atoms with Gasteiger partial charge in [-0.25, -0.2) is 0 Å². The van der Waals surface area contributed by atoms with Crippen LogP contribution in [0.5, 0.6) is 0 Å². The maximum Gasteiger partial charge on any atom is 0.109 e. The van der Waals surface area contributed by atoms with Gasteiger partial charge < -0.3 is 10.1 Å². The number of nitrogens with zero attached hydrogens (tertiary/aromatic N) is 1. The second-order valence-corrected chi connectivity index (χ2v) is 5.48. The zero-order chi connectivity index (χ0) is 14.3. The van der Waals surface area contributed by atoms with Gasteiger partial charge in [-0.15, -0.1) is 0 Å². The van der Waals surface area contributed by atoms with E-state index < -0.39 is 6.10 Å². The monoisotopic (exact) mass is 306 g/mol. The fourth-order valence-corrected chi connectivity index (χ4v) is 2.89. The van der Waals surface area contributed by atoms with Crippen LogP contribution in [-0.2, 0) is 0 Å². The minimum atomic E-state index is -0.844. The number of aliphatic hydroxyl groups is 1. The molecule has 1 atom stereocenters. The van der Waals surface area contributed by atoms with Gasteiger partial charge in [0.15, 0.2) is 0 Å². The van der Waals surface area contributed by atoms with Crippen molar-refractivity contribution in [1.82, 2.24) is 9.97 Å². The molecule has 2 heterocycles. The second-order valence-electron chi connectivity index (χ2n) is 4.63. The van der Waals surface area contributed by atoms with Gasteiger partial charge >= 0.3 is 0 Å². The Morgan fingerprint density at radius 1 is 1.25 bits per heavy atom. The van der Waals surface area contributed by atoms with Gasteiger partial charge in [0.05, 0.1) is 11.0 Å². The molecule has 2 aromatic heterocycles. The summed E-state index contributed by atoms with van der Waals surface area (Å²) >= 11 is 12.1. The van der Waals surface area contributed by atoms with Gasteiger partial charge in [0.25, 0.3) is 0 Å². The lowest BCUT2D eigenvalue weighted by molar-refractivity contribution is 0.221. The van der Waals surface area contributed by atoms with Gasteiger partial charge in [-0.3, -0.25) is 4.98 Å². The van der Waals surface area contributed by atoms with Crippen LogP contribution < -0.4 is 0 Å². The standard InChI is InChI=1S/C15H12Cl2N2O/c1-8-13(14-12(19-8)3-2-6-18-14)15(20)10-5-4-9(16)7-11(10)17/h2-7,15,19-20H,1H3. The molecule has 0 aliphatic heterocycles. The molecule has 3 rings (SSSR count). The Hall–Kier alpha value is -1.55. The Morgan fingerprint density at radius 2 is 2.05 bits per heavy atom. The van der Waals surface area contributed by atoms with Crippen molar-refractivity contribution in [2.75, 3.05) is 0 Å². The number of rotatable bonds is 2. The molecule has 2 N–H and O–H groups in total. The van der Waals surface area contributed by atoms with Crippen molar-refractivity contribution in [3.63, 3.8) is 0 Å². The molecule has 102 valence electrons. The van der Waals surface area contributed by atoms with E-state index >= 15 is 0 Å². The summed E-state index contributed by atoms with van der Waals surface area (Å²) in [5, 5.41) is 11.6. The summed E-state index contributed by atoms with van der Waals surface area (Å²) in [6.45, 7) is 1.91. The minimum absolute atomic E-state index is 0.440. The first-order chi connectivity index (χ1) is 9.58. The lowest BCUT2D eigenvalue weighted by Gasteiger charge is -2.13. The number of pyridine rings is 1. The van der Waals surface area contributed by atoms with Crippen LogP contribution in [0.15, 0.2) is 36.5 Å². The first-order valence-electron chi connectivity index (χ1n) is 6.14. The van der Waals surface area contributed by atoms with Crippen LogP contribution in [0.25, 0.3) is 11.0 Å². The van der Waals surface area contributed by atoms with E-state index in [1.54, 1.807) is 24.4 Å². The number of aliphatic hydroxyl groups excluding tert-OH is 1. The van der Waals surface area contributed by atoms with Crippen molar-refractivity contribution in [3.8, 4) is 0 Å². The normalized spacial score (nSPS) is 12.8. The Bertz CT molecular complexity index is 783. The predicted molar refractivity (Wildman–Crippen MR) is 81.4 cm³/mol. The number of H-pyrrole nitrogens is 1. The minimum Gasteiger partial charge on any atom is -0.383 e. The van der Waals surface area contributed by atoms with Crippen molar-refractivity contribution >= 4 is 34.2 Å². The van der Waals surface area contributed by atoms with E-state index in [0.29, 0.717) is 15.6 Å². The van der Waals surface area contributed by atoms with Crippen LogP contribution in [0.3, 0.4) is 0 Å². The highest BCUT2D eigenvalue weighted by molar-refractivity contribution is 6.35. The molecular formula is C15H12Cl2N2O. The van der Waals surface area contributed by atoms with Crippen molar-refractivity contribution in [3.05, 3.63) is 63.4 Å². The fraction of sp³-hybridized carbons (Fsp3) is 0.133. The SMILES string of the molecule is Cc1[nH]c2cccnc2c1C(O)c1ccc(Cl)cc1Cl. The van der Waals surface area contributed by atoms with Crippen molar-refractivity contribution in [2.24, 2.45) is 0 Å². The molecule has 5 heteroatoms. The van der Waals surface area contributed by atoms with E-state index in [-0.39, 0.29) is 0 Å². The van der Waals surface area contributed by atoms with E-state index in [2.05, 4.69) is 9.97 Å². The van der Waals surface area contributed by atoms with Crippen molar-refractivity contribution in [2.45, 2.75) is 13.0 Å². The first-order valence-corrected chi connectivity index (χ1v) is 6.89. The maximum absolute atomic E-state index is 10.6. The van der Waals surface area contributed by atoms with Crippen molar-refractivity contribution in [1.29, 1.82) is 0 Å². The van der Waals surface area contributed by atoms with Crippen LogP contribution in [0, 0.1) is 6.92 Å². The molecule has 0 bridgehead atoms. The summed E-state index contributed by atoms with van der Waals surface area (Å²) in [7, 11) is 0. The van der Waals surface area contributed by atoms with Crippen LogP contribution >= 0.6 is 23.2 Å². The van der Waals surface area contributed by atoms with Gasteiger partial charge in [-0.1, -0.05) is 29.3 Å². The quantitative estimate of drug-likeness (QED) is 0.743. The zero-order valence-electron chi connectivity index (χ0n) is 10.7. The summed E-state index contributed by atoms with van der Waals surface area (Å²) < 4.78 is 0. The van der Waals surface area contributed by atoms with E-state index in [0.717, 1.165) is 22.3 Å². The summed E-state index contributed by atoms with van der Waals surface area (Å²) in [4.78, 5) is 7.55. The Morgan fingerprint density at radius 3 is 2.80 bits per heavy atom. The smallest absolute Gasteiger partial charge is 0.109 e. The van der Waals surface area contributed by atoms with E-state index in [9.17, 15) is 5.11 Å². The van der Waals surface area contributed by atoms with E-state index in [1.165, 1.54) is 0 Å². The summed E-state index contributed by atoms with van der Waals surface area (Å²) in [5.74, 6) is 0. The summed E-state index contributed by atoms with van der Waals surface area (Å²) in [6, 6.07) is 8.85. The third kappa shape index (κ3) is 2.18. The first kappa shape index (κ1) is 13.4. The molecule has 0 aliphatic rings. The molecule has 1 aromatic carbocycles. The average Bonchev–Trinajstić information content (AvgIpc) is 2.73. The largest absolute Gasteiger partial charge is 0.383 e. The number of benzene rings is 1. The number of hydrogen-bond donors (Lipinski definition) is 2. The highest BCUT2D eigenvalue weighted by Crippen LogP contribution is 2.34. The molecule has 20 heavy (non-hydrogen) atoms. The van der Waals surface area contributed by atoms with Gasteiger partial charge in [0.2, 0.25) is 0 Å². The van der Waals surface area contributed by atoms with Gasteiger partial charge in [0, 0.05) is 33.1 Å². The number of halogens is 2. The Balaban J connectivity index is 2.17. The van der Waals surface area contributed by atoms with Gasteiger partial charge in [-0.05, 0) is 31.2 Å². The summed E-state index contributed by atoms with van der Waals surface area (Å²) in [5.41, 5.74) is 3.88. The number of aromatic amines is 1. The second kappa shape index (κ2) is 5.09. The number of fused-ring (bicyclic) bond motifs is 1. The number of hydrogen-bond acceptors (Lipinski definition) is 2. The zero-order valence-corrected chi connectivity index (χ0v) is 12.2. The van der Waals surface area contributed by atoms with Crippen LogP contribution in [0.4, 0.5) is 0 Å². The van der Waals surface area contributed by atoms with Crippen LogP contribution in [0.1, 0.15) is 22.9 Å². The number of nitrogens with one attached hydrogen (secondary N) is 1. The predicted octanol–water partition coefficient (Wildman–Crippen LogP) is 4.26. The topological polar surface area (TPSA) is 48.9 Å². The van der Waals surface area contributed by atoms with Crippen LogP contribution in [0.2, 0.25) is 10.0 Å². The lowest BCUT2D eigenvalue weighted by atomic mass is 10.0. The molecule has 3 aromatic rings.